The van der Waals surface area contributed by atoms with Crippen molar-refractivity contribution >= 4 is 27.8 Å². The summed E-state index contributed by atoms with van der Waals surface area (Å²) in [7, 11) is 0. The second kappa shape index (κ2) is 4.34. The maximum absolute atomic E-state index is 12.5. The first-order valence-electron chi connectivity index (χ1n) is 6.38. The zero-order valence-electron chi connectivity index (χ0n) is 10.4. The van der Waals surface area contributed by atoms with Gasteiger partial charge in [-0.05, 0) is 43.9 Å². The Morgan fingerprint density at radius 2 is 1.84 bits per heavy atom. The maximum atomic E-state index is 12.5. The molecule has 0 bridgehead atoms. The molecule has 1 saturated carbocycles. The summed E-state index contributed by atoms with van der Waals surface area (Å²) < 4.78 is 0.624. The molecule has 19 heavy (non-hydrogen) atoms. The Labute approximate surface area is 119 Å². The van der Waals surface area contributed by atoms with Gasteiger partial charge < -0.3 is 10.0 Å². The molecule has 1 N–H and O–H groups in total. The van der Waals surface area contributed by atoms with Gasteiger partial charge in [0.25, 0.3) is 5.91 Å². The van der Waals surface area contributed by atoms with Gasteiger partial charge in [-0.1, -0.05) is 15.9 Å². The second-order valence-electron chi connectivity index (χ2n) is 5.32. The highest BCUT2D eigenvalue weighted by atomic mass is 79.9. The number of amides is 1. The summed E-state index contributed by atoms with van der Waals surface area (Å²) in [5.74, 6) is -1.06. The van der Waals surface area contributed by atoms with Crippen molar-refractivity contribution in [3.8, 4) is 0 Å². The number of halogens is 1. The molecule has 1 spiro atoms. The number of rotatable bonds is 2. The Morgan fingerprint density at radius 1 is 1.16 bits per heavy atom. The Morgan fingerprint density at radius 3 is 2.32 bits per heavy atom. The van der Waals surface area contributed by atoms with Crippen LogP contribution in [0.1, 0.15) is 46.4 Å². The number of likely N-dealkylation sites (tertiary alicyclic amines) is 1. The number of hydrogen-bond acceptors (Lipinski definition) is 2. The predicted molar refractivity (Wildman–Crippen MR) is 73.3 cm³/mol. The van der Waals surface area contributed by atoms with Gasteiger partial charge in [-0.3, -0.25) is 4.79 Å². The third kappa shape index (κ3) is 1.96. The zero-order valence-corrected chi connectivity index (χ0v) is 11.9. The van der Waals surface area contributed by atoms with Crippen molar-refractivity contribution in [1.29, 1.82) is 0 Å². The molecule has 2 aliphatic rings. The summed E-state index contributed by atoms with van der Waals surface area (Å²) in [6.07, 6.45) is 4.43. The van der Waals surface area contributed by atoms with Crippen LogP contribution in [0, 0.1) is 0 Å². The smallest absolute Gasteiger partial charge is 0.335 e. The monoisotopic (exact) mass is 323 g/mol. The normalized spacial score (nSPS) is 19.7. The van der Waals surface area contributed by atoms with Crippen molar-refractivity contribution in [3.63, 3.8) is 0 Å². The lowest BCUT2D eigenvalue weighted by Gasteiger charge is -2.58. The predicted octanol–water partition coefficient (Wildman–Crippen LogP) is 2.92. The van der Waals surface area contributed by atoms with Crippen LogP contribution in [0.5, 0.6) is 0 Å². The van der Waals surface area contributed by atoms with Crippen LogP contribution in [0.4, 0.5) is 0 Å². The molecule has 1 amide bonds. The molecule has 0 aromatic heterocycles. The minimum atomic E-state index is -1.02. The molecule has 2 fully saturated rings. The lowest BCUT2D eigenvalue weighted by molar-refractivity contribution is -0.0487. The number of carbonyl (C=O) groups is 2. The fraction of sp³-hybridized carbons (Fsp3) is 0.429. The number of benzene rings is 1. The number of hydrogen-bond donors (Lipinski definition) is 1. The van der Waals surface area contributed by atoms with Crippen LogP contribution >= 0.6 is 15.9 Å². The van der Waals surface area contributed by atoms with E-state index in [4.69, 9.17) is 5.11 Å². The van der Waals surface area contributed by atoms with Crippen LogP contribution in [-0.2, 0) is 0 Å². The summed E-state index contributed by atoms with van der Waals surface area (Å²) in [6, 6.07) is 4.66. The van der Waals surface area contributed by atoms with E-state index in [2.05, 4.69) is 15.9 Å². The molecule has 4 nitrogen and oxygen atoms in total. The zero-order chi connectivity index (χ0) is 13.6. The van der Waals surface area contributed by atoms with E-state index >= 15 is 0 Å². The van der Waals surface area contributed by atoms with Crippen molar-refractivity contribution in [2.24, 2.45) is 0 Å². The Bertz CT molecular complexity index is 560. The van der Waals surface area contributed by atoms with Crippen LogP contribution in [0.2, 0.25) is 0 Å². The molecule has 3 rings (SSSR count). The first kappa shape index (κ1) is 12.7. The van der Waals surface area contributed by atoms with Gasteiger partial charge in [0.2, 0.25) is 0 Å². The van der Waals surface area contributed by atoms with Gasteiger partial charge in [-0.2, -0.15) is 0 Å². The molecular formula is C14H14BrNO3. The van der Waals surface area contributed by atoms with E-state index in [0.29, 0.717) is 10.0 Å². The average molecular weight is 324 g/mol. The number of aromatic carboxylic acids is 1. The van der Waals surface area contributed by atoms with E-state index in [-0.39, 0.29) is 17.0 Å². The summed E-state index contributed by atoms with van der Waals surface area (Å²) >= 11 is 3.26. The van der Waals surface area contributed by atoms with Gasteiger partial charge in [0.05, 0.1) is 5.56 Å². The summed E-state index contributed by atoms with van der Waals surface area (Å²) in [5.41, 5.74) is 0.682. The Kier molecular flexibility index (Phi) is 2.89. The quantitative estimate of drug-likeness (QED) is 0.910. The standard InChI is InChI=1S/C14H14BrNO3/c15-11-7-9(6-10(8-11)13(18)19)12(17)16-5-4-14(16)2-1-3-14/h6-8H,1-5H2,(H,18,19). The highest BCUT2D eigenvalue weighted by Crippen LogP contribution is 2.47. The topological polar surface area (TPSA) is 57.6 Å². The largest absolute Gasteiger partial charge is 0.478 e. The maximum Gasteiger partial charge on any atom is 0.335 e. The highest BCUT2D eigenvalue weighted by molar-refractivity contribution is 9.10. The number of carboxylic acids is 1. The fourth-order valence-electron chi connectivity index (χ4n) is 2.95. The highest BCUT2D eigenvalue weighted by Gasteiger charge is 2.51. The van der Waals surface area contributed by atoms with Crippen molar-refractivity contribution in [1.82, 2.24) is 4.90 Å². The number of carboxylic acid groups (broad SMARTS) is 1. The summed E-state index contributed by atoms with van der Waals surface area (Å²) in [6.45, 7) is 0.785. The molecule has 1 heterocycles. The molecule has 1 saturated heterocycles. The summed E-state index contributed by atoms with van der Waals surface area (Å²) in [4.78, 5) is 25.4. The third-order valence-corrected chi connectivity index (χ3v) is 4.75. The van der Waals surface area contributed by atoms with Crippen molar-refractivity contribution in [2.45, 2.75) is 31.2 Å². The lowest BCUT2D eigenvalue weighted by atomic mass is 9.67. The van der Waals surface area contributed by atoms with Crippen molar-refractivity contribution in [2.75, 3.05) is 6.54 Å². The van der Waals surface area contributed by atoms with Crippen LogP contribution in [-0.4, -0.2) is 34.0 Å². The molecule has 5 heteroatoms. The fourth-order valence-corrected chi connectivity index (χ4v) is 3.45. The van der Waals surface area contributed by atoms with Gasteiger partial charge in [-0.25, -0.2) is 4.79 Å². The molecule has 100 valence electrons. The van der Waals surface area contributed by atoms with Crippen LogP contribution in [0.3, 0.4) is 0 Å². The molecule has 0 radical (unpaired) electrons. The molecule has 1 aromatic carbocycles. The number of nitrogens with zero attached hydrogens (tertiary/aromatic N) is 1. The second-order valence-corrected chi connectivity index (χ2v) is 6.23. The van der Waals surface area contributed by atoms with E-state index in [1.54, 1.807) is 6.07 Å². The number of carbonyl (C=O) groups excluding carboxylic acids is 1. The van der Waals surface area contributed by atoms with E-state index in [1.165, 1.54) is 18.6 Å². The first-order valence-corrected chi connectivity index (χ1v) is 7.17. The minimum absolute atomic E-state index is 0.0465. The van der Waals surface area contributed by atoms with Gasteiger partial charge in [0.15, 0.2) is 0 Å². The van der Waals surface area contributed by atoms with Crippen LogP contribution in [0.25, 0.3) is 0 Å². The lowest BCUT2D eigenvalue weighted by Crippen LogP contribution is -2.65. The van der Waals surface area contributed by atoms with E-state index in [9.17, 15) is 9.59 Å². The van der Waals surface area contributed by atoms with Gasteiger partial charge in [0.1, 0.15) is 0 Å². The van der Waals surface area contributed by atoms with Gasteiger partial charge >= 0.3 is 5.97 Å². The van der Waals surface area contributed by atoms with E-state index < -0.39 is 5.97 Å². The molecule has 0 atom stereocenters. The van der Waals surface area contributed by atoms with Crippen molar-refractivity contribution < 1.29 is 14.7 Å². The Balaban J connectivity index is 1.89. The van der Waals surface area contributed by atoms with Crippen LogP contribution < -0.4 is 0 Å². The Hall–Kier alpha value is -1.36. The SMILES string of the molecule is O=C(O)c1cc(Br)cc(C(=O)N2CCC23CCC3)c1. The first-order chi connectivity index (χ1) is 9.02. The third-order valence-electron chi connectivity index (χ3n) is 4.29. The van der Waals surface area contributed by atoms with Gasteiger partial charge in [-0.15, -0.1) is 0 Å². The molecule has 1 aliphatic heterocycles. The summed E-state index contributed by atoms with van der Waals surface area (Å²) in [5, 5.41) is 9.04. The molecule has 0 unspecified atom stereocenters. The van der Waals surface area contributed by atoms with E-state index in [1.807, 2.05) is 4.90 Å². The van der Waals surface area contributed by atoms with Crippen molar-refractivity contribution in [3.05, 3.63) is 33.8 Å². The van der Waals surface area contributed by atoms with E-state index in [0.717, 1.165) is 25.8 Å². The molecular weight excluding hydrogens is 310 g/mol. The van der Waals surface area contributed by atoms with Crippen LogP contribution in [0.15, 0.2) is 22.7 Å². The molecule has 1 aromatic rings. The molecule has 1 aliphatic carbocycles. The minimum Gasteiger partial charge on any atom is -0.478 e. The van der Waals surface area contributed by atoms with Gasteiger partial charge in [0, 0.05) is 22.1 Å². The average Bonchev–Trinajstić information content (AvgIpc) is 2.24.